The van der Waals surface area contributed by atoms with Gasteiger partial charge in [-0.15, -0.1) is 0 Å². The molecule has 0 aliphatic rings. The zero-order chi connectivity index (χ0) is 17.4. The number of ether oxygens (including phenoxy) is 1. The molecule has 2 aromatic carbocycles. The van der Waals surface area contributed by atoms with Gasteiger partial charge in [-0.25, -0.2) is 4.79 Å². The third-order valence-electron chi connectivity index (χ3n) is 3.41. The fourth-order valence-corrected chi connectivity index (χ4v) is 2.05. The normalized spacial score (nSPS) is 12.7. The molecule has 2 atom stereocenters. The number of alkyl carbamates (subject to hydrolysis) is 1. The van der Waals surface area contributed by atoms with E-state index in [0.29, 0.717) is 11.1 Å². The lowest BCUT2D eigenvalue weighted by Gasteiger charge is -2.18. The van der Waals surface area contributed by atoms with Crippen molar-refractivity contribution in [2.45, 2.75) is 18.8 Å². The third-order valence-corrected chi connectivity index (χ3v) is 3.41. The van der Waals surface area contributed by atoms with Crippen LogP contribution in [0.3, 0.4) is 0 Å². The van der Waals surface area contributed by atoms with Gasteiger partial charge < -0.3 is 20.3 Å². The number of carbonyl (C=O) groups is 1. The van der Waals surface area contributed by atoms with Gasteiger partial charge in [0.25, 0.3) is 0 Å². The highest BCUT2D eigenvalue weighted by Crippen LogP contribution is 2.17. The molecule has 0 spiro atoms. The Hall–Kier alpha value is -2.88. The van der Waals surface area contributed by atoms with Crippen molar-refractivity contribution in [3.05, 3.63) is 71.3 Å². The Bertz CT molecular complexity index is 695. The molecule has 0 aliphatic carbocycles. The maximum absolute atomic E-state index is 11.6. The van der Waals surface area contributed by atoms with Crippen molar-refractivity contribution < 1.29 is 19.7 Å². The molecular formula is C18H18N2O4. The van der Waals surface area contributed by atoms with Crippen LogP contribution < -0.4 is 5.32 Å². The summed E-state index contributed by atoms with van der Waals surface area (Å²) in [5.41, 5.74) is 1.77. The van der Waals surface area contributed by atoms with E-state index in [1.165, 1.54) is 0 Å². The molecule has 0 aliphatic heterocycles. The van der Waals surface area contributed by atoms with Gasteiger partial charge in [0, 0.05) is 6.54 Å². The second-order valence-electron chi connectivity index (χ2n) is 5.19. The van der Waals surface area contributed by atoms with Gasteiger partial charge in [-0.2, -0.15) is 5.26 Å². The van der Waals surface area contributed by atoms with E-state index in [1.54, 1.807) is 24.3 Å². The van der Waals surface area contributed by atoms with Gasteiger partial charge in [0.15, 0.2) is 0 Å². The molecule has 0 fully saturated rings. The lowest BCUT2D eigenvalue weighted by molar-refractivity contribution is 0.0184. The van der Waals surface area contributed by atoms with Gasteiger partial charge in [-0.3, -0.25) is 0 Å². The Morgan fingerprint density at radius 2 is 1.79 bits per heavy atom. The number of nitrogens with zero attached hydrogens (tertiary/aromatic N) is 1. The van der Waals surface area contributed by atoms with Gasteiger partial charge >= 0.3 is 6.09 Å². The first kappa shape index (κ1) is 17.5. The summed E-state index contributed by atoms with van der Waals surface area (Å²) < 4.78 is 5.02. The first-order valence-corrected chi connectivity index (χ1v) is 7.41. The molecule has 1 amide bonds. The van der Waals surface area contributed by atoms with Crippen molar-refractivity contribution in [3.8, 4) is 6.07 Å². The smallest absolute Gasteiger partial charge is 0.407 e. The predicted octanol–water partition coefficient (Wildman–Crippen LogP) is 1.88. The summed E-state index contributed by atoms with van der Waals surface area (Å²) >= 11 is 0. The quantitative estimate of drug-likeness (QED) is 0.752. The van der Waals surface area contributed by atoms with Gasteiger partial charge in [0.2, 0.25) is 0 Å². The van der Waals surface area contributed by atoms with Gasteiger partial charge in [0.05, 0.1) is 11.6 Å². The number of aliphatic hydroxyl groups excluding tert-OH is 2. The molecule has 2 aromatic rings. The number of hydrogen-bond donors (Lipinski definition) is 3. The first-order chi connectivity index (χ1) is 11.6. The van der Waals surface area contributed by atoms with Crippen LogP contribution in [0.1, 0.15) is 22.8 Å². The van der Waals surface area contributed by atoms with Crippen LogP contribution >= 0.6 is 0 Å². The highest BCUT2D eigenvalue weighted by Gasteiger charge is 2.19. The molecule has 3 N–H and O–H groups in total. The Kier molecular flexibility index (Phi) is 6.32. The molecule has 0 radical (unpaired) electrons. The van der Waals surface area contributed by atoms with Crippen molar-refractivity contribution in [2.24, 2.45) is 0 Å². The Morgan fingerprint density at radius 3 is 2.42 bits per heavy atom. The second kappa shape index (κ2) is 8.67. The van der Waals surface area contributed by atoms with Gasteiger partial charge in [0.1, 0.15) is 18.8 Å². The maximum atomic E-state index is 11.6. The molecule has 24 heavy (non-hydrogen) atoms. The molecule has 6 heteroatoms. The summed E-state index contributed by atoms with van der Waals surface area (Å²) in [6.45, 7) is -0.0320. The minimum Gasteiger partial charge on any atom is -0.445 e. The van der Waals surface area contributed by atoms with E-state index in [-0.39, 0.29) is 13.2 Å². The number of carbonyl (C=O) groups excluding carboxylic acids is 1. The van der Waals surface area contributed by atoms with E-state index in [0.717, 1.165) is 5.56 Å². The zero-order valence-corrected chi connectivity index (χ0v) is 12.9. The minimum atomic E-state index is -1.19. The second-order valence-corrected chi connectivity index (χ2v) is 5.19. The summed E-state index contributed by atoms with van der Waals surface area (Å²) in [4.78, 5) is 11.6. The number of rotatable bonds is 6. The van der Waals surface area contributed by atoms with E-state index < -0.39 is 18.3 Å². The van der Waals surface area contributed by atoms with Crippen LogP contribution in [0.5, 0.6) is 0 Å². The Balaban J connectivity index is 1.77. The van der Waals surface area contributed by atoms with Crippen molar-refractivity contribution in [3.63, 3.8) is 0 Å². The fourth-order valence-electron chi connectivity index (χ4n) is 2.05. The number of hydrogen-bond acceptors (Lipinski definition) is 5. The van der Waals surface area contributed by atoms with E-state index in [9.17, 15) is 15.0 Å². The van der Waals surface area contributed by atoms with E-state index >= 15 is 0 Å². The Labute approximate surface area is 139 Å². The summed E-state index contributed by atoms with van der Waals surface area (Å²) in [7, 11) is 0. The van der Waals surface area contributed by atoms with Crippen LogP contribution in [0.4, 0.5) is 4.79 Å². The monoisotopic (exact) mass is 326 g/mol. The molecule has 0 aromatic heterocycles. The van der Waals surface area contributed by atoms with Crippen LogP contribution in [0.2, 0.25) is 0 Å². The minimum absolute atomic E-state index is 0.126. The largest absolute Gasteiger partial charge is 0.445 e. The molecule has 2 rings (SSSR count). The maximum Gasteiger partial charge on any atom is 0.407 e. The van der Waals surface area contributed by atoms with E-state index in [4.69, 9.17) is 10.00 Å². The number of nitriles is 1. The first-order valence-electron chi connectivity index (χ1n) is 7.41. The van der Waals surface area contributed by atoms with Crippen molar-refractivity contribution in [1.29, 1.82) is 5.26 Å². The number of aliphatic hydroxyl groups is 2. The van der Waals surface area contributed by atoms with Crippen LogP contribution in [-0.2, 0) is 11.3 Å². The highest BCUT2D eigenvalue weighted by atomic mass is 16.5. The SMILES string of the molecule is N#Cc1ccc(C(O)C(O)CNC(=O)OCc2ccccc2)cc1. The average Bonchev–Trinajstić information content (AvgIpc) is 2.64. The molecule has 2 unspecified atom stereocenters. The Morgan fingerprint density at radius 1 is 1.12 bits per heavy atom. The van der Waals surface area contributed by atoms with E-state index in [2.05, 4.69) is 5.32 Å². The van der Waals surface area contributed by atoms with Crippen molar-refractivity contribution >= 4 is 6.09 Å². The molecule has 0 saturated carbocycles. The molecule has 6 nitrogen and oxygen atoms in total. The molecular weight excluding hydrogens is 308 g/mol. The summed E-state index contributed by atoms with van der Waals surface area (Å²) in [6.07, 6.45) is -3.04. The predicted molar refractivity (Wildman–Crippen MR) is 86.8 cm³/mol. The van der Waals surface area contributed by atoms with Crippen molar-refractivity contribution in [1.82, 2.24) is 5.32 Å². The summed E-state index contributed by atoms with van der Waals surface area (Å²) in [5.74, 6) is 0. The van der Waals surface area contributed by atoms with Crippen LogP contribution in [0.15, 0.2) is 54.6 Å². The molecule has 124 valence electrons. The topological polar surface area (TPSA) is 103 Å². The lowest BCUT2D eigenvalue weighted by atomic mass is 10.0. The fraction of sp³-hybridized carbons (Fsp3) is 0.222. The molecule has 0 saturated heterocycles. The summed E-state index contributed by atoms with van der Waals surface area (Å²) in [5, 5.41) is 31.1. The lowest BCUT2D eigenvalue weighted by Crippen LogP contribution is -2.35. The number of benzene rings is 2. The summed E-state index contributed by atoms with van der Waals surface area (Å²) in [6, 6.07) is 17.4. The van der Waals surface area contributed by atoms with E-state index in [1.807, 2.05) is 36.4 Å². The molecule has 0 bridgehead atoms. The van der Waals surface area contributed by atoms with Crippen molar-refractivity contribution in [2.75, 3.05) is 6.54 Å². The standard InChI is InChI=1S/C18H18N2O4/c19-10-13-6-8-15(9-7-13)17(22)16(21)11-20-18(23)24-12-14-4-2-1-3-5-14/h1-9,16-17,21-22H,11-12H2,(H,20,23). The molecule has 0 heterocycles. The van der Waals surface area contributed by atoms with Gasteiger partial charge in [-0.1, -0.05) is 42.5 Å². The third kappa shape index (κ3) is 5.09. The van der Waals surface area contributed by atoms with Crippen LogP contribution in [-0.4, -0.2) is 29.0 Å². The number of amides is 1. The van der Waals surface area contributed by atoms with Crippen LogP contribution in [0, 0.1) is 11.3 Å². The van der Waals surface area contributed by atoms with Gasteiger partial charge in [-0.05, 0) is 23.3 Å². The highest BCUT2D eigenvalue weighted by molar-refractivity contribution is 5.67. The van der Waals surface area contributed by atoms with Crippen LogP contribution in [0.25, 0.3) is 0 Å². The average molecular weight is 326 g/mol. The zero-order valence-electron chi connectivity index (χ0n) is 12.9. The number of nitrogens with one attached hydrogen (secondary N) is 1.